The standard InChI is InChI=1S/C18H19N3O5S/c1-9-8-11(6-7-13(9)21(24)25)26-10(2)17(23)20-18-15(16(19)22)12-4-3-5-14(12)27-18/h6-8,10H,3-5H2,1-2H3,(H2,19,22)(H,20,23)/t10-/m1/s1. The highest BCUT2D eigenvalue weighted by Gasteiger charge is 2.27. The first kappa shape index (κ1) is 18.8. The van der Waals surface area contributed by atoms with Gasteiger partial charge in [0.15, 0.2) is 6.10 Å². The molecule has 142 valence electrons. The van der Waals surface area contributed by atoms with Gasteiger partial charge in [0.05, 0.1) is 10.5 Å². The van der Waals surface area contributed by atoms with Crippen molar-refractivity contribution in [2.75, 3.05) is 5.32 Å². The van der Waals surface area contributed by atoms with E-state index in [0.717, 1.165) is 29.7 Å². The van der Waals surface area contributed by atoms with E-state index in [1.807, 2.05) is 0 Å². The Bertz CT molecular complexity index is 937. The number of hydrogen-bond acceptors (Lipinski definition) is 6. The normalized spacial score (nSPS) is 13.7. The topological polar surface area (TPSA) is 125 Å². The summed E-state index contributed by atoms with van der Waals surface area (Å²) in [5.41, 5.74) is 7.24. The Kier molecular flexibility index (Phi) is 5.13. The van der Waals surface area contributed by atoms with Crippen LogP contribution < -0.4 is 15.8 Å². The van der Waals surface area contributed by atoms with Gasteiger partial charge in [-0.25, -0.2) is 0 Å². The molecule has 0 saturated heterocycles. The Balaban J connectivity index is 1.73. The fourth-order valence-electron chi connectivity index (χ4n) is 3.13. The highest BCUT2D eigenvalue weighted by atomic mass is 32.1. The summed E-state index contributed by atoms with van der Waals surface area (Å²) in [6.07, 6.45) is 1.79. The number of thiophene rings is 1. The third kappa shape index (κ3) is 3.77. The molecule has 0 spiro atoms. The Morgan fingerprint density at radius 1 is 1.37 bits per heavy atom. The molecule has 0 unspecified atom stereocenters. The van der Waals surface area contributed by atoms with E-state index in [1.165, 1.54) is 29.5 Å². The summed E-state index contributed by atoms with van der Waals surface area (Å²) in [4.78, 5) is 35.8. The van der Waals surface area contributed by atoms with Crippen LogP contribution in [0.15, 0.2) is 18.2 Å². The van der Waals surface area contributed by atoms with Crippen molar-refractivity contribution < 1.29 is 19.2 Å². The number of nitro benzene ring substituents is 1. The molecule has 3 N–H and O–H groups in total. The fourth-order valence-corrected chi connectivity index (χ4v) is 4.43. The average Bonchev–Trinajstić information content (AvgIpc) is 3.14. The molecule has 0 aliphatic heterocycles. The lowest BCUT2D eigenvalue weighted by Crippen LogP contribution is -2.30. The number of ether oxygens (including phenoxy) is 1. The number of aryl methyl sites for hydroxylation is 2. The first-order chi connectivity index (χ1) is 12.8. The van der Waals surface area contributed by atoms with Crippen LogP contribution in [0, 0.1) is 17.0 Å². The number of nitrogens with zero attached hydrogens (tertiary/aromatic N) is 1. The second-order valence-electron chi connectivity index (χ2n) is 6.38. The smallest absolute Gasteiger partial charge is 0.272 e. The summed E-state index contributed by atoms with van der Waals surface area (Å²) in [5.74, 6) is -0.623. The highest BCUT2D eigenvalue weighted by molar-refractivity contribution is 7.17. The number of carbonyl (C=O) groups excluding carboxylic acids is 2. The Labute approximate surface area is 159 Å². The van der Waals surface area contributed by atoms with E-state index in [1.54, 1.807) is 13.8 Å². The van der Waals surface area contributed by atoms with Crippen molar-refractivity contribution in [2.45, 2.75) is 39.2 Å². The lowest BCUT2D eigenvalue weighted by molar-refractivity contribution is -0.385. The van der Waals surface area contributed by atoms with Crippen LogP contribution in [0.2, 0.25) is 0 Å². The first-order valence-electron chi connectivity index (χ1n) is 8.44. The number of primary amides is 1. The van der Waals surface area contributed by atoms with E-state index in [0.29, 0.717) is 21.9 Å². The molecule has 0 radical (unpaired) electrons. The minimum Gasteiger partial charge on any atom is -0.481 e. The summed E-state index contributed by atoms with van der Waals surface area (Å²) in [6, 6.07) is 4.30. The summed E-state index contributed by atoms with van der Waals surface area (Å²) < 4.78 is 5.60. The zero-order valence-corrected chi connectivity index (χ0v) is 15.7. The van der Waals surface area contributed by atoms with Gasteiger partial charge in [-0.05, 0) is 50.8 Å². The molecule has 8 nitrogen and oxygen atoms in total. The maximum atomic E-state index is 12.5. The lowest BCUT2D eigenvalue weighted by Gasteiger charge is -2.15. The van der Waals surface area contributed by atoms with E-state index in [2.05, 4.69) is 5.32 Å². The number of anilines is 1. The van der Waals surface area contributed by atoms with E-state index < -0.39 is 22.8 Å². The average molecular weight is 389 g/mol. The minimum atomic E-state index is -0.858. The van der Waals surface area contributed by atoms with Crippen molar-refractivity contribution in [3.8, 4) is 5.75 Å². The van der Waals surface area contributed by atoms with Crippen molar-refractivity contribution in [2.24, 2.45) is 5.73 Å². The van der Waals surface area contributed by atoms with E-state index in [9.17, 15) is 19.7 Å². The molecule has 1 aliphatic carbocycles. The van der Waals surface area contributed by atoms with Crippen LogP contribution in [0.4, 0.5) is 10.7 Å². The molecular formula is C18H19N3O5S. The van der Waals surface area contributed by atoms with Crippen molar-refractivity contribution >= 4 is 33.8 Å². The zero-order valence-electron chi connectivity index (χ0n) is 14.9. The van der Waals surface area contributed by atoms with Crippen LogP contribution in [0.1, 0.15) is 39.7 Å². The van der Waals surface area contributed by atoms with E-state index in [4.69, 9.17) is 10.5 Å². The second-order valence-corrected chi connectivity index (χ2v) is 7.49. The lowest BCUT2D eigenvalue weighted by atomic mass is 10.1. The van der Waals surface area contributed by atoms with Gasteiger partial charge in [-0.3, -0.25) is 19.7 Å². The molecule has 1 aromatic heterocycles. The fraction of sp³-hybridized carbons (Fsp3) is 0.333. The quantitative estimate of drug-likeness (QED) is 0.580. The molecule has 1 aliphatic rings. The van der Waals surface area contributed by atoms with E-state index in [-0.39, 0.29) is 5.69 Å². The summed E-state index contributed by atoms with van der Waals surface area (Å²) in [6.45, 7) is 3.17. The van der Waals surface area contributed by atoms with Crippen molar-refractivity contribution in [1.29, 1.82) is 0 Å². The van der Waals surface area contributed by atoms with Gasteiger partial charge in [0.1, 0.15) is 10.8 Å². The van der Waals surface area contributed by atoms with Gasteiger partial charge in [-0.2, -0.15) is 0 Å². The summed E-state index contributed by atoms with van der Waals surface area (Å²) in [5, 5.41) is 14.1. The van der Waals surface area contributed by atoms with Crippen molar-refractivity contribution in [3.05, 3.63) is 49.9 Å². The summed E-state index contributed by atoms with van der Waals surface area (Å²) >= 11 is 1.37. The van der Waals surface area contributed by atoms with Crippen molar-refractivity contribution in [1.82, 2.24) is 0 Å². The molecular weight excluding hydrogens is 370 g/mol. The Morgan fingerprint density at radius 2 is 2.11 bits per heavy atom. The molecule has 0 saturated carbocycles. The Morgan fingerprint density at radius 3 is 2.74 bits per heavy atom. The maximum absolute atomic E-state index is 12.5. The van der Waals surface area contributed by atoms with Gasteiger partial charge in [0.25, 0.3) is 17.5 Å². The van der Waals surface area contributed by atoms with Crippen molar-refractivity contribution in [3.63, 3.8) is 0 Å². The van der Waals surface area contributed by atoms with Crippen LogP contribution in [-0.2, 0) is 17.6 Å². The zero-order chi connectivity index (χ0) is 19.7. The van der Waals surface area contributed by atoms with Gasteiger partial charge >= 0.3 is 0 Å². The molecule has 2 amide bonds. The number of fused-ring (bicyclic) bond motifs is 1. The number of nitrogens with two attached hydrogens (primary N) is 1. The molecule has 1 aromatic carbocycles. The van der Waals surface area contributed by atoms with Gasteiger partial charge in [0.2, 0.25) is 0 Å². The third-order valence-electron chi connectivity index (χ3n) is 4.45. The largest absolute Gasteiger partial charge is 0.481 e. The number of hydrogen-bond donors (Lipinski definition) is 2. The van der Waals surface area contributed by atoms with Gasteiger partial charge in [-0.1, -0.05) is 0 Å². The van der Waals surface area contributed by atoms with Gasteiger partial charge in [0, 0.05) is 16.5 Å². The van der Waals surface area contributed by atoms with Gasteiger partial charge < -0.3 is 15.8 Å². The number of nitrogens with one attached hydrogen (secondary N) is 1. The molecule has 1 heterocycles. The number of carbonyl (C=O) groups is 2. The number of benzene rings is 1. The monoisotopic (exact) mass is 389 g/mol. The van der Waals surface area contributed by atoms with Gasteiger partial charge in [-0.15, -0.1) is 11.3 Å². The molecule has 9 heteroatoms. The van der Waals surface area contributed by atoms with Crippen LogP contribution in [0.25, 0.3) is 0 Å². The first-order valence-corrected chi connectivity index (χ1v) is 9.26. The molecule has 0 fully saturated rings. The van der Waals surface area contributed by atoms with E-state index >= 15 is 0 Å². The number of rotatable bonds is 6. The SMILES string of the molecule is Cc1cc(O[C@H](C)C(=O)Nc2sc3c(c2C(N)=O)CCC3)ccc1[N+](=O)[O-]. The highest BCUT2D eigenvalue weighted by Crippen LogP contribution is 2.39. The van der Waals surface area contributed by atoms with Crippen LogP contribution in [0.3, 0.4) is 0 Å². The Hall–Kier alpha value is -2.94. The molecule has 1 atom stereocenters. The predicted octanol–water partition coefficient (Wildman–Crippen LogP) is 2.96. The molecule has 0 bridgehead atoms. The molecule has 27 heavy (non-hydrogen) atoms. The van der Waals surface area contributed by atoms with Crippen LogP contribution in [-0.4, -0.2) is 22.8 Å². The third-order valence-corrected chi connectivity index (χ3v) is 5.66. The number of nitro groups is 1. The molecule has 2 aromatic rings. The predicted molar refractivity (Wildman–Crippen MR) is 101 cm³/mol. The number of amides is 2. The van der Waals surface area contributed by atoms with Crippen LogP contribution in [0.5, 0.6) is 5.75 Å². The minimum absolute atomic E-state index is 0.0151. The maximum Gasteiger partial charge on any atom is 0.272 e. The summed E-state index contributed by atoms with van der Waals surface area (Å²) in [7, 11) is 0. The second kappa shape index (κ2) is 7.36. The molecule has 3 rings (SSSR count). The van der Waals surface area contributed by atoms with Crippen LogP contribution >= 0.6 is 11.3 Å².